The third kappa shape index (κ3) is 4.39. The van der Waals surface area contributed by atoms with Gasteiger partial charge in [0.25, 0.3) is 0 Å². The van der Waals surface area contributed by atoms with Crippen molar-refractivity contribution in [2.24, 2.45) is 5.73 Å². The monoisotopic (exact) mass is 243 g/mol. The summed E-state index contributed by atoms with van der Waals surface area (Å²) >= 11 is 6.00. The van der Waals surface area contributed by atoms with Gasteiger partial charge in [0, 0.05) is 18.2 Å². The first-order valence-corrected chi connectivity index (χ1v) is 5.88. The lowest BCUT2D eigenvalue weighted by Crippen LogP contribution is -2.00. The number of aliphatic hydroxyl groups excluding tert-OH is 1. The zero-order chi connectivity index (χ0) is 11.8. The molecular formula is C12H18ClNO2. The van der Waals surface area contributed by atoms with Gasteiger partial charge in [-0.2, -0.15) is 0 Å². The van der Waals surface area contributed by atoms with E-state index in [1.54, 1.807) is 6.07 Å². The molecule has 0 radical (unpaired) electrons. The van der Waals surface area contributed by atoms with Crippen LogP contribution < -0.4 is 10.5 Å². The molecule has 0 fully saturated rings. The summed E-state index contributed by atoms with van der Waals surface area (Å²) in [5.74, 6) is 0.770. The Morgan fingerprint density at radius 1 is 1.25 bits per heavy atom. The summed E-state index contributed by atoms with van der Waals surface area (Å²) in [4.78, 5) is 0. The van der Waals surface area contributed by atoms with Gasteiger partial charge in [0.1, 0.15) is 5.75 Å². The lowest BCUT2D eigenvalue weighted by atomic mass is 10.2. The van der Waals surface area contributed by atoms with Crippen LogP contribution in [-0.2, 0) is 6.54 Å². The molecule has 3 N–H and O–H groups in total. The number of benzene rings is 1. The molecule has 0 bridgehead atoms. The molecule has 0 aliphatic heterocycles. The van der Waals surface area contributed by atoms with Gasteiger partial charge in [0.15, 0.2) is 0 Å². The summed E-state index contributed by atoms with van der Waals surface area (Å²) in [5.41, 5.74) is 6.43. The predicted octanol–water partition coefficient (Wildman–Crippen LogP) is 2.34. The number of hydrogen-bond donors (Lipinski definition) is 2. The number of nitrogens with two attached hydrogens (primary N) is 1. The van der Waals surface area contributed by atoms with E-state index in [0.717, 1.165) is 30.6 Å². The van der Waals surface area contributed by atoms with E-state index in [9.17, 15) is 0 Å². The first-order chi connectivity index (χ1) is 7.77. The Morgan fingerprint density at radius 3 is 2.69 bits per heavy atom. The van der Waals surface area contributed by atoms with E-state index in [-0.39, 0.29) is 6.61 Å². The first kappa shape index (κ1) is 13.3. The maximum atomic E-state index is 8.61. The fourth-order valence-electron chi connectivity index (χ4n) is 1.36. The first-order valence-electron chi connectivity index (χ1n) is 5.50. The Bertz CT molecular complexity index is 318. The molecule has 16 heavy (non-hydrogen) atoms. The van der Waals surface area contributed by atoms with Crippen LogP contribution in [0.5, 0.6) is 5.75 Å². The molecule has 3 nitrogen and oxygen atoms in total. The van der Waals surface area contributed by atoms with E-state index < -0.39 is 0 Å². The van der Waals surface area contributed by atoms with Crippen LogP contribution >= 0.6 is 11.6 Å². The molecule has 0 aromatic heterocycles. The van der Waals surface area contributed by atoms with Crippen molar-refractivity contribution in [2.75, 3.05) is 13.2 Å². The van der Waals surface area contributed by atoms with Gasteiger partial charge in [-0.3, -0.25) is 0 Å². The molecule has 0 aliphatic carbocycles. The van der Waals surface area contributed by atoms with E-state index in [1.807, 2.05) is 12.1 Å². The average molecular weight is 244 g/mol. The average Bonchev–Trinajstić information content (AvgIpc) is 2.29. The fourth-order valence-corrected chi connectivity index (χ4v) is 1.61. The molecule has 0 heterocycles. The number of rotatable bonds is 7. The van der Waals surface area contributed by atoms with Crippen molar-refractivity contribution in [3.8, 4) is 5.75 Å². The molecule has 0 amide bonds. The summed E-state index contributed by atoms with van der Waals surface area (Å²) in [6, 6.07) is 5.54. The fraction of sp³-hybridized carbons (Fsp3) is 0.500. The Morgan fingerprint density at radius 2 is 2.06 bits per heavy atom. The molecule has 0 spiro atoms. The Hall–Kier alpha value is -0.770. The molecule has 1 rings (SSSR count). The molecule has 0 aliphatic rings. The van der Waals surface area contributed by atoms with Gasteiger partial charge in [-0.25, -0.2) is 0 Å². The van der Waals surface area contributed by atoms with Crippen LogP contribution in [0.2, 0.25) is 5.02 Å². The van der Waals surface area contributed by atoms with E-state index in [4.69, 9.17) is 27.2 Å². The summed E-state index contributed by atoms with van der Waals surface area (Å²) in [7, 11) is 0. The maximum Gasteiger partial charge on any atom is 0.120 e. The second-order valence-corrected chi connectivity index (χ2v) is 4.00. The molecule has 0 unspecified atom stereocenters. The Kier molecular flexibility index (Phi) is 6.23. The second kappa shape index (κ2) is 7.49. The van der Waals surface area contributed by atoms with Gasteiger partial charge in [-0.1, -0.05) is 17.7 Å². The third-order valence-corrected chi connectivity index (χ3v) is 2.67. The third-order valence-electron chi connectivity index (χ3n) is 2.32. The van der Waals surface area contributed by atoms with Gasteiger partial charge < -0.3 is 15.6 Å². The van der Waals surface area contributed by atoms with Crippen molar-refractivity contribution in [3.05, 3.63) is 28.8 Å². The van der Waals surface area contributed by atoms with Gasteiger partial charge in [-0.15, -0.1) is 0 Å². The zero-order valence-electron chi connectivity index (χ0n) is 9.29. The van der Waals surface area contributed by atoms with Crippen molar-refractivity contribution in [3.63, 3.8) is 0 Å². The number of unbranched alkanes of at least 4 members (excludes halogenated alkanes) is 2. The zero-order valence-corrected chi connectivity index (χ0v) is 10.0. The van der Waals surface area contributed by atoms with E-state index in [2.05, 4.69) is 0 Å². The Balaban J connectivity index is 2.34. The second-order valence-electron chi connectivity index (χ2n) is 3.59. The van der Waals surface area contributed by atoms with Gasteiger partial charge in [0.05, 0.1) is 6.61 Å². The van der Waals surface area contributed by atoms with Crippen LogP contribution in [0.15, 0.2) is 18.2 Å². The van der Waals surface area contributed by atoms with Crippen LogP contribution in [0, 0.1) is 0 Å². The normalized spacial score (nSPS) is 10.4. The van der Waals surface area contributed by atoms with Gasteiger partial charge >= 0.3 is 0 Å². The minimum Gasteiger partial charge on any atom is -0.494 e. The highest BCUT2D eigenvalue weighted by Crippen LogP contribution is 2.22. The predicted molar refractivity (Wildman–Crippen MR) is 65.8 cm³/mol. The van der Waals surface area contributed by atoms with Crippen LogP contribution in [0.4, 0.5) is 0 Å². The molecule has 4 heteroatoms. The summed E-state index contributed by atoms with van der Waals surface area (Å²) < 4.78 is 5.53. The van der Waals surface area contributed by atoms with Gasteiger partial charge in [-0.05, 0) is 37.0 Å². The lowest BCUT2D eigenvalue weighted by molar-refractivity contribution is 0.266. The largest absolute Gasteiger partial charge is 0.494 e. The smallest absolute Gasteiger partial charge is 0.120 e. The van der Waals surface area contributed by atoms with Crippen molar-refractivity contribution in [1.29, 1.82) is 0 Å². The van der Waals surface area contributed by atoms with Crippen molar-refractivity contribution in [1.82, 2.24) is 0 Å². The molecule has 0 saturated heterocycles. The van der Waals surface area contributed by atoms with Crippen molar-refractivity contribution < 1.29 is 9.84 Å². The number of aliphatic hydroxyl groups is 1. The van der Waals surface area contributed by atoms with E-state index in [1.165, 1.54) is 0 Å². The number of ether oxygens (including phenoxy) is 1. The SMILES string of the molecule is NCc1ccc(OCCCCCO)cc1Cl. The minimum absolute atomic E-state index is 0.247. The van der Waals surface area contributed by atoms with Crippen LogP contribution in [0.3, 0.4) is 0 Å². The Labute approximate surface area is 101 Å². The number of halogens is 1. The topological polar surface area (TPSA) is 55.5 Å². The van der Waals surface area contributed by atoms with Crippen molar-refractivity contribution >= 4 is 11.6 Å². The summed E-state index contributed by atoms with van der Waals surface area (Å²) in [5, 5.41) is 9.26. The summed E-state index contributed by atoms with van der Waals surface area (Å²) in [6.07, 6.45) is 2.75. The maximum absolute atomic E-state index is 8.61. The van der Waals surface area contributed by atoms with Crippen molar-refractivity contribution in [2.45, 2.75) is 25.8 Å². The quantitative estimate of drug-likeness (QED) is 0.723. The lowest BCUT2D eigenvalue weighted by Gasteiger charge is -2.08. The highest BCUT2D eigenvalue weighted by atomic mass is 35.5. The molecule has 0 atom stereocenters. The molecule has 0 saturated carbocycles. The number of hydrogen-bond acceptors (Lipinski definition) is 3. The van der Waals surface area contributed by atoms with E-state index in [0.29, 0.717) is 18.2 Å². The standard InChI is InChI=1S/C12H18ClNO2/c13-12-8-11(5-4-10(12)9-14)16-7-3-1-2-6-15/h4-5,8,15H,1-3,6-7,9,14H2. The highest BCUT2D eigenvalue weighted by molar-refractivity contribution is 6.31. The molecule has 1 aromatic carbocycles. The molecule has 1 aromatic rings. The van der Waals surface area contributed by atoms with Gasteiger partial charge in [0.2, 0.25) is 0 Å². The van der Waals surface area contributed by atoms with E-state index >= 15 is 0 Å². The molecular weight excluding hydrogens is 226 g/mol. The minimum atomic E-state index is 0.247. The van der Waals surface area contributed by atoms with Crippen LogP contribution in [0.1, 0.15) is 24.8 Å². The summed E-state index contributed by atoms with van der Waals surface area (Å²) in [6.45, 7) is 1.34. The molecule has 90 valence electrons. The van der Waals surface area contributed by atoms with Crippen LogP contribution in [-0.4, -0.2) is 18.3 Å². The highest BCUT2D eigenvalue weighted by Gasteiger charge is 2.00. The van der Waals surface area contributed by atoms with Crippen LogP contribution in [0.25, 0.3) is 0 Å².